The smallest absolute Gasteiger partial charge is 0.256 e. The number of carbonyl (C=O) groups excluding carboxylic acids is 2. The maximum atomic E-state index is 13.3. The maximum Gasteiger partial charge on any atom is 0.256 e. The Kier molecular flexibility index (Phi) is 4.28. The van der Waals surface area contributed by atoms with E-state index in [0.717, 1.165) is 27.8 Å². The molecule has 0 unspecified atom stereocenters. The van der Waals surface area contributed by atoms with Crippen LogP contribution in [-0.4, -0.2) is 17.9 Å². The van der Waals surface area contributed by atoms with E-state index in [0.29, 0.717) is 0 Å². The molecule has 1 N–H and O–H groups in total. The van der Waals surface area contributed by atoms with Gasteiger partial charge in [0.1, 0.15) is 11.9 Å². The molecule has 0 aromatic heterocycles. The molecule has 2 aromatic carbocycles. The number of hydrogen-bond acceptors (Lipinski definition) is 3. The third-order valence-electron chi connectivity index (χ3n) is 4.03. The largest absolute Gasteiger partial charge is 0.373 e. The Hall–Kier alpha value is -2.40. The van der Waals surface area contributed by atoms with Crippen molar-refractivity contribution in [2.24, 2.45) is 0 Å². The molecule has 2 amide bonds. The standard InChI is InChI=1S/C18H16ClFN2O2/c1-10-3-4-11(2)15(7-10)21-16-9-17(23)22(18(16)24)12-5-6-14(20)13(19)8-12/h3-8,16,21H,9H2,1-2H3/t16-/m0/s1. The molecule has 1 atom stereocenters. The summed E-state index contributed by atoms with van der Waals surface area (Å²) in [6.45, 7) is 3.89. The number of imide groups is 1. The van der Waals surface area contributed by atoms with E-state index < -0.39 is 11.9 Å². The number of halogens is 2. The van der Waals surface area contributed by atoms with Gasteiger partial charge in [0.25, 0.3) is 5.91 Å². The summed E-state index contributed by atoms with van der Waals surface area (Å²) in [6, 6.07) is 9.02. The van der Waals surface area contributed by atoms with Crippen molar-refractivity contribution < 1.29 is 14.0 Å². The van der Waals surface area contributed by atoms with Crippen LogP contribution >= 0.6 is 11.6 Å². The Balaban J connectivity index is 1.86. The Bertz CT molecular complexity index is 838. The van der Waals surface area contributed by atoms with Crippen molar-refractivity contribution >= 4 is 34.8 Å². The molecule has 0 spiro atoms. The molecule has 0 saturated carbocycles. The number of nitrogens with zero attached hydrogens (tertiary/aromatic N) is 1. The zero-order chi connectivity index (χ0) is 17.4. The fraction of sp³-hybridized carbons (Fsp3) is 0.222. The minimum absolute atomic E-state index is 0.0429. The number of amides is 2. The number of benzene rings is 2. The summed E-state index contributed by atoms with van der Waals surface area (Å²) in [5.41, 5.74) is 3.15. The number of aryl methyl sites for hydroxylation is 2. The van der Waals surface area contributed by atoms with Crippen molar-refractivity contribution in [3.8, 4) is 0 Å². The minimum atomic E-state index is -0.651. The van der Waals surface area contributed by atoms with E-state index in [1.54, 1.807) is 0 Å². The normalized spacial score (nSPS) is 17.5. The summed E-state index contributed by atoms with van der Waals surface area (Å²) < 4.78 is 13.3. The van der Waals surface area contributed by atoms with Gasteiger partial charge in [-0.05, 0) is 49.2 Å². The molecule has 1 heterocycles. The predicted octanol–water partition coefficient (Wildman–Crippen LogP) is 3.84. The highest BCUT2D eigenvalue weighted by Crippen LogP contribution is 2.29. The monoisotopic (exact) mass is 346 g/mol. The summed E-state index contributed by atoms with van der Waals surface area (Å²) in [6.07, 6.45) is 0.0429. The summed E-state index contributed by atoms with van der Waals surface area (Å²) >= 11 is 5.75. The van der Waals surface area contributed by atoms with E-state index in [4.69, 9.17) is 11.6 Å². The molecular weight excluding hydrogens is 331 g/mol. The van der Waals surface area contributed by atoms with Gasteiger partial charge in [-0.2, -0.15) is 0 Å². The molecule has 24 heavy (non-hydrogen) atoms. The molecule has 2 aromatic rings. The Morgan fingerprint density at radius 1 is 1.17 bits per heavy atom. The van der Waals surface area contributed by atoms with E-state index in [1.165, 1.54) is 12.1 Å². The molecule has 4 nitrogen and oxygen atoms in total. The lowest BCUT2D eigenvalue weighted by molar-refractivity contribution is -0.121. The van der Waals surface area contributed by atoms with Crippen LogP contribution in [0.25, 0.3) is 0 Å². The van der Waals surface area contributed by atoms with Crippen molar-refractivity contribution in [1.29, 1.82) is 0 Å². The van der Waals surface area contributed by atoms with Gasteiger partial charge in [0, 0.05) is 5.69 Å². The molecule has 0 bridgehead atoms. The van der Waals surface area contributed by atoms with Crippen LogP contribution in [0.15, 0.2) is 36.4 Å². The molecule has 6 heteroatoms. The number of anilines is 2. The second-order valence-electron chi connectivity index (χ2n) is 5.89. The van der Waals surface area contributed by atoms with Crippen molar-refractivity contribution in [1.82, 2.24) is 0 Å². The summed E-state index contributed by atoms with van der Waals surface area (Å²) in [5, 5.41) is 3.01. The van der Waals surface area contributed by atoms with Crippen molar-refractivity contribution in [3.05, 3.63) is 58.4 Å². The highest BCUT2D eigenvalue weighted by molar-refractivity contribution is 6.31. The van der Waals surface area contributed by atoms with Gasteiger partial charge < -0.3 is 5.32 Å². The number of rotatable bonds is 3. The van der Waals surface area contributed by atoms with E-state index in [-0.39, 0.29) is 28.9 Å². The maximum absolute atomic E-state index is 13.3. The van der Waals surface area contributed by atoms with E-state index in [2.05, 4.69) is 5.32 Å². The minimum Gasteiger partial charge on any atom is -0.373 e. The van der Waals surface area contributed by atoms with Crippen LogP contribution in [0, 0.1) is 19.7 Å². The highest BCUT2D eigenvalue weighted by atomic mass is 35.5. The SMILES string of the molecule is Cc1ccc(C)c(N[C@H]2CC(=O)N(c3ccc(F)c(Cl)c3)C2=O)c1. The molecule has 0 aliphatic carbocycles. The molecule has 1 aliphatic heterocycles. The lowest BCUT2D eigenvalue weighted by Crippen LogP contribution is -2.35. The average Bonchev–Trinajstić information content (AvgIpc) is 2.80. The fourth-order valence-electron chi connectivity index (χ4n) is 2.72. The van der Waals surface area contributed by atoms with Crippen molar-refractivity contribution in [3.63, 3.8) is 0 Å². The Morgan fingerprint density at radius 2 is 1.92 bits per heavy atom. The Morgan fingerprint density at radius 3 is 2.62 bits per heavy atom. The molecular formula is C18H16ClFN2O2. The van der Waals surface area contributed by atoms with Crippen LogP contribution in [-0.2, 0) is 9.59 Å². The quantitative estimate of drug-likeness (QED) is 0.859. The van der Waals surface area contributed by atoms with Gasteiger partial charge in [-0.25, -0.2) is 9.29 Å². The first-order chi connectivity index (χ1) is 11.4. The van der Waals surface area contributed by atoms with Gasteiger partial charge in [0.15, 0.2) is 0 Å². The summed E-state index contributed by atoms with van der Waals surface area (Å²) in [7, 11) is 0. The van der Waals surface area contributed by atoms with Crippen LogP contribution in [0.2, 0.25) is 5.02 Å². The number of hydrogen-bond donors (Lipinski definition) is 1. The van der Waals surface area contributed by atoms with Crippen LogP contribution in [0.3, 0.4) is 0 Å². The molecule has 0 radical (unpaired) electrons. The average molecular weight is 347 g/mol. The van der Waals surface area contributed by atoms with Crippen molar-refractivity contribution in [2.75, 3.05) is 10.2 Å². The van der Waals surface area contributed by atoms with Gasteiger partial charge in [0.2, 0.25) is 5.91 Å². The number of carbonyl (C=O) groups is 2. The van der Waals surface area contributed by atoms with Crippen molar-refractivity contribution in [2.45, 2.75) is 26.3 Å². The van der Waals surface area contributed by atoms with E-state index in [1.807, 2.05) is 32.0 Å². The van der Waals surface area contributed by atoms with Gasteiger partial charge >= 0.3 is 0 Å². The van der Waals surface area contributed by atoms with Gasteiger partial charge in [-0.3, -0.25) is 9.59 Å². The van der Waals surface area contributed by atoms with Gasteiger partial charge in [0.05, 0.1) is 17.1 Å². The summed E-state index contributed by atoms with van der Waals surface area (Å²) in [5.74, 6) is -1.31. The van der Waals surface area contributed by atoms with Gasteiger partial charge in [-0.1, -0.05) is 23.7 Å². The Labute approximate surface area is 144 Å². The lowest BCUT2D eigenvalue weighted by Gasteiger charge is -2.17. The first-order valence-electron chi connectivity index (χ1n) is 7.52. The molecule has 124 valence electrons. The second-order valence-corrected chi connectivity index (χ2v) is 6.29. The lowest BCUT2D eigenvalue weighted by atomic mass is 10.1. The predicted molar refractivity (Wildman–Crippen MR) is 91.8 cm³/mol. The zero-order valence-corrected chi connectivity index (χ0v) is 14.0. The van der Waals surface area contributed by atoms with E-state index >= 15 is 0 Å². The molecule has 1 saturated heterocycles. The summed E-state index contributed by atoms with van der Waals surface area (Å²) in [4.78, 5) is 25.9. The third-order valence-corrected chi connectivity index (χ3v) is 4.32. The second kappa shape index (κ2) is 6.24. The van der Waals surface area contributed by atoms with Gasteiger partial charge in [-0.15, -0.1) is 0 Å². The fourth-order valence-corrected chi connectivity index (χ4v) is 2.89. The first-order valence-corrected chi connectivity index (χ1v) is 7.90. The highest BCUT2D eigenvalue weighted by Gasteiger charge is 2.39. The topological polar surface area (TPSA) is 49.4 Å². The van der Waals surface area contributed by atoms with Crippen LogP contribution in [0.4, 0.5) is 15.8 Å². The zero-order valence-electron chi connectivity index (χ0n) is 13.3. The molecule has 3 rings (SSSR count). The van der Waals surface area contributed by atoms with Crippen LogP contribution < -0.4 is 10.2 Å². The molecule has 1 aliphatic rings. The third kappa shape index (κ3) is 2.99. The first kappa shape index (κ1) is 16.5. The van der Waals surface area contributed by atoms with E-state index in [9.17, 15) is 14.0 Å². The van der Waals surface area contributed by atoms with Crippen LogP contribution in [0.1, 0.15) is 17.5 Å². The van der Waals surface area contributed by atoms with Crippen LogP contribution in [0.5, 0.6) is 0 Å². The molecule has 1 fully saturated rings. The number of nitrogens with one attached hydrogen (secondary N) is 1.